The van der Waals surface area contributed by atoms with E-state index >= 15 is 0 Å². The van der Waals surface area contributed by atoms with E-state index < -0.39 is 10.0 Å². The van der Waals surface area contributed by atoms with Gasteiger partial charge in [-0.05, 0) is 63.0 Å². The molecular formula is C14H19BrN2O2S. The van der Waals surface area contributed by atoms with E-state index in [1.54, 1.807) is 24.3 Å². The lowest BCUT2D eigenvalue weighted by Gasteiger charge is -2.32. The Balaban J connectivity index is 1.60. The van der Waals surface area contributed by atoms with Crippen molar-refractivity contribution in [1.82, 2.24) is 9.62 Å². The number of piperidine rings is 1. The van der Waals surface area contributed by atoms with Gasteiger partial charge >= 0.3 is 0 Å². The summed E-state index contributed by atoms with van der Waals surface area (Å²) in [5.41, 5.74) is 0. The van der Waals surface area contributed by atoms with Gasteiger partial charge in [0.2, 0.25) is 10.0 Å². The smallest absolute Gasteiger partial charge is 0.240 e. The number of hydrogen-bond acceptors (Lipinski definition) is 3. The van der Waals surface area contributed by atoms with Crippen LogP contribution in [0.25, 0.3) is 0 Å². The van der Waals surface area contributed by atoms with E-state index in [-0.39, 0.29) is 6.04 Å². The molecule has 1 N–H and O–H groups in total. The van der Waals surface area contributed by atoms with Crippen LogP contribution in [0.5, 0.6) is 0 Å². The highest BCUT2D eigenvalue weighted by molar-refractivity contribution is 9.10. The largest absolute Gasteiger partial charge is 0.300 e. The first-order valence-corrected chi connectivity index (χ1v) is 9.34. The number of hydrogen-bond donors (Lipinski definition) is 1. The van der Waals surface area contributed by atoms with E-state index in [2.05, 4.69) is 25.6 Å². The quantitative estimate of drug-likeness (QED) is 0.898. The molecule has 1 aromatic rings. The number of likely N-dealkylation sites (tertiary alicyclic amines) is 1. The number of halogens is 1. The third-order valence-electron chi connectivity index (χ3n) is 4.04. The third kappa shape index (κ3) is 3.42. The molecule has 0 bridgehead atoms. The van der Waals surface area contributed by atoms with Crippen LogP contribution in [-0.2, 0) is 10.0 Å². The molecule has 110 valence electrons. The molecule has 2 aliphatic rings. The van der Waals surface area contributed by atoms with Gasteiger partial charge in [-0.15, -0.1) is 0 Å². The Hall–Kier alpha value is -0.430. The monoisotopic (exact) mass is 358 g/mol. The molecule has 3 rings (SSSR count). The Bertz CT molecular complexity index is 561. The van der Waals surface area contributed by atoms with Crippen molar-refractivity contribution in [1.29, 1.82) is 0 Å². The third-order valence-corrected chi connectivity index (χ3v) is 6.10. The molecule has 6 heteroatoms. The second-order valence-corrected chi connectivity index (χ2v) is 8.25. The molecule has 4 nitrogen and oxygen atoms in total. The van der Waals surface area contributed by atoms with Gasteiger partial charge in [0, 0.05) is 16.6 Å². The topological polar surface area (TPSA) is 49.4 Å². The molecule has 0 radical (unpaired) electrons. The maximum Gasteiger partial charge on any atom is 0.240 e. The van der Waals surface area contributed by atoms with Gasteiger partial charge in [-0.2, -0.15) is 0 Å². The number of sulfonamides is 1. The van der Waals surface area contributed by atoms with E-state index in [1.165, 1.54) is 12.8 Å². The highest BCUT2D eigenvalue weighted by Gasteiger charge is 2.32. The lowest BCUT2D eigenvalue weighted by Crippen LogP contribution is -2.45. The Labute approximate surface area is 128 Å². The van der Waals surface area contributed by atoms with Gasteiger partial charge < -0.3 is 4.90 Å². The van der Waals surface area contributed by atoms with Crippen LogP contribution < -0.4 is 4.72 Å². The lowest BCUT2D eigenvalue weighted by atomic mass is 10.1. The molecule has 1 saturated heterocycles. The molecule has 0 aromatic heterocycles. The molecule has 0 atom stereocenters. The first-order valence-electron chi connectivity index (χ1n) is 7.06. The summed E-state index contributed by atoms with van der Waals surface area (Å²) < 4.78 is 28.3. The molecule has 1 aliphatic carbocycles. The number of nitrogens with zero attached hydrogens (tertiary/aromatic N) is 1. The van der Waals surface area contributed by atoms with Crippen LogP contribution in [-0.4, -0.2) is 38.5 Å². The SMILES string of the molecule is O=S(=O)(NC1CCN(C2CC2)CC1)c1ccc(Br)cc1. The summed E-state index contributed by atoms with van der Waals surface area (Å²) in [5.74, 6) is 0. The van der Waals surface area contributed by atoms with Gasteiger partial charge in [0.1, 0.15) is 0 Å². The summed E-state index contributed by atoms with van der Waals surface area (Å²) >= 11 is 3.32. The molecule has 1 aliphatic heterocycles. The molecule has 1 saturated carbocycles. The summed E-state index contributed by atoms with van der Waals surface area (Å²) in [6.45, 7) is 2.02. The van der Waals surface area contributed by atoms with E-state index in [0.717, 1.165) is 36.4 Å². The highest BCUT2D eigenvalue weighted by atomic mass is 79.9. The standard InChI is InChI=1S/C14H19BrN2O2S/c15-11-1-5-14(6-2-11)20(18,19)16-12-7-9-17(10-8-12)13-3-4-13/h1-2,5-6,12-13,16H,3-4,7-10H2. The van der Waals surface area contributed by atoms with Gasteiger partial charge in [-0.3, -0.25) is 0 Å². The van der Waals surface area contributed by atoms with Gasteiger partial charge in [0.25, 0.3) is 0 Å². The van der Waals surface area contributed by atoms with Crippen LogP contribution in [0, 0.1) is 0 Å². The number of nitrogens with one attached hydrogen (secondary N) is 1. The van der Waals surface area contributed by atoms with Gasteiger partial charge in [0.05, 0.1) is 4.90 Å². The molecule has 2 fully saturated rings. The number of benzene rings is 1. The van der Waals surface area contributed by atoms with Crippen molar-refractivity contribution in [3.63, 3.8) is 0 Å². The van der Waals surface area contributed by atoms with Crippen LogP contribution in [0.15, 0.2) is 33.6 Å². The van der Waals surface area contributed by atoms with Gasteiger partial charge in [-0.1, -0.05) is 15.9 Å². The summed E-state index contributed by atoms with van der Waals surface area (Å²) in [4.78, 5) is 2.83. The van der Waals surface area contributed by atoms with Gasteiger partial charge in [-0.25, -0.2) is 13.1 Å². The van der Waals surface area contributed by atoms with Crippen LogP contribution in [0.1, 0.15) is 25.7 Å². The molecule has 20 heavy (non-hydrogen) atoms. The minimum Gasteiger partial charge on any atom is -0.300 e. The minimum atomic E-state index is -3.39. The Morgan fingerprint density at radius 1 is 1.05 bits per heavy atom. The maximum absolute atomic E-state index is 12.3. The first-order chi connectivity index (χ1) is 9.54. The van der Waals surface area contributed by atoms with Crippen molar-refractivity contribution >= 4 is 26.0 Å². The van der Waals surface area contributed by atoms with E-state index in [0.29, 0.717) is 4.90 Å². The second-order valence-electron chi connectivity index (χ2n) is 5.62. The number of rotatable bonds is 4. The van der Waals surface area contributed by atoms with E-state index in [9.17, 15) is 8.42 Å². The average Bonchev–Trinajstić information content (AvgIpc) is 3.24. The lowest BCUT2D eigenvalue weighted by molar-refractivity contribution is 0.199. The van der Waals surface area contributed by atoms with Crippen molar-refractivity contribution in [3.05, 3.63) is 28.7 Å². The molecule has 0 unspecified atom stereocenters. The van der Waals surface area contributed by atoms with Gasteiger partial charge in [0.15, 0.2) is 0 Å². The van der Waals surface area contributed by atoms with Crippen molar-refractivity contribution in [2.45, 2.75) is 42.7 Å². The Morgan fingerprint density at radius 2 is 1.65 bits per heavy atom. The van der Waals surface area contributed by atoms with Crippen molar-refractivity contribution in [2.24, 2.45) is 0 Å². The summed E-state index contributed by atoms with van der Waals surface area (Å²) in [6.07, 6.45) is 4.45. The summed E-state index contributed by atoms with van der Waals surface area (Å²) in [7, 11) is -3.39. The van der Waals surface area contributed by atoms with E-state index in [4.69, 9.17) is 0 Å². The molecular weight excluding hydrogens is 340 g/mol. The van der Waals surface area contributed by atoms with Crippen LogP contribution in [0.3, 0.4) is 0 Å². The van der Waals surface area contributed by atoms with Crippen LogP contribution in [0.4, 0.5) is 0 Å². The zero-order valence-electron chi connectivity index (χ0n) is 11.3. The fourth-order valence-electron chi connectivity index (χ4n) is 2.72. The second kappa shape index (κ2) is 5.75. The van der Waals surface area contributed by atoms with Crippen molar-refractivity contribution in [2.75, 3.05) is 13.1 Å². The fraction of sp³-hybridized carbons (Fsp3) is 0.571. The molecule has 0 spiro atoms. The maximum atomic E-state index is 12.3. The normalized spacial score (nSPS) is 22.1. The zero-order chi connectivity index (χ0) is 14.2. The predicted molar refractivity (Wildman–Crippen MR) is 82.1 cm³/mol. The van der Waals surface area contributed by atoms with Crippen LogP contribution >= 0.6 is 15.9 Å². The fourth-order valence-corrected chi connectivity index (χ4v) is 4.29. The van der Waals surface area contributed by atoms with Crippen molar-refractivity contribution in [3.8, 4) is 0 Å². The molecule has 1 heterocycles. The zero-order valence-corrected chi connectivity index (χ0v) is 13.7. The first kappa shape index (κ1) is 14.5. The summed E-state index contributed by atoms with van der Waals surface area (Å²) in [5, 5.41) is 0. The average molecular weight is 359 g/mol. The van der Waals surface area contributed by atoms with E-state index in [1.807, 2.05) is 0 Å². The molecule has 0 amide bonds. The summed E-state index contributed by atoms with van der Waals surface area (Å²) in [6, 6.07) is 7.61. The van der Waals surface area contributed by atoms with Crippen LogP contribution in [0.2, 0.25) is 0 Å². The molecule has 1 aromatic carbocycles. The Kier molecular flexibility index (Phi) is 4.17. The van der Waals surface area contributed by atoms with Crippen molar-refractivity contribution < 1.29 is 8.42 Å². The predicted octanol–water partition coefficient (Wildman–Crippen LogP) is 2.35. The minimum absolute atomic E-state index is 0.0682. The highest BCUT2D eigenvalue weighted by Crippen LogP contribution is 2.29. The Morgan fingerprint density at radius 3 is 2.20 bits per heavy atom.